The SMILES string of the molecule is CCCCOc1c(OCCCC)c(OC(=O)c2cccc(Br)c2)c2cc(Cl)ccc2c1OC(=O)c1cc(Cl)cc(Cl)c1. The summed E-state index contributed by atoms with van der Waals surface area (Å²) in [4.78, 5) is 26.8. The molecule has 4 rings (SSSR count). The van der Waals surface area contributed by atoms with Crippen LogP contribution < -0.4 is 18.9 Å². The quantitative estimate of drug-likeness (QED) is 0.0835. The van der Waals surface area contributed by atoms with Gasteiger partial charge in [-0.05, 0) is 67.4 Å². The zero-order chi connectivity index (χ0) is 30.2. The van der Waals surface area contributed by atoms with Gasteiger partial charge in [0.1, 0.15) is 0 Å². The van der Waals surface area contributed by atoms with E-state index in [1.807, 2.05) is 13.8 Å². The first-order valence-corrected chi connectivity index (χ1v) is 15.3. The summed E-state index contributed by atoms with van der Waals surface area (Å²) in [5, 5.41) is 1.76. The molecule has 0 aliphatic heterocycles. The van der Waals surface area contributed by atoms with Gasteiger partial charge in [-0.1, -0.05) is 83.5 Å². The Bertz CT molecular complexity index is 1590. The fourth-order valence-electron chi connectivity index (χ4n) is 4.05. The molecule has 0 fully saturated rings. The smallest absolute Gasteiger partial charge is 0.343 e. The Morgan fingerprint density at radius 3 is 1.79 bits per heavy atom. The van der Waals surface area contributed by atoms with E-state index in [0.29, 0.717) is 34.6 Å². The normalized spacial score (nSPS) is 10.9. The van der Waals surface area contributed by atoms with E-state index in [9.17, 15) is 9.59 Å². The topological polar surface area (TPSA) is 71.1 Å². The summed E-state index contributed by atoms with van der Waals surface area (Å²) >= 11 is 22.1. The maximum atomic E-state index is 13.4. The van der Waals surface area contributed by atoms with Crippen molar-refractivity contribution in [1.82, 2.24) is 0 Å². The Kier molecular flexibility index (Phi) is 11.4. The van der Waals surface area contributed by atoms with E-state index in [-0.39, 0.29) is 38.6 Å². The van der Waals surface area contributed by atoms with Gasteiger partial charge >= 0.3 is 11.9 Å². The first-order valence-electron chi connectivity index (χ1n) is 13.4. The van der Waals surface area contributed by atoms with Crippen molar-refractivity contribution in [3.05, 3.63) is 91.3 Å². The molecule has 0 heterocycles. The van der Waals surface area contributed by atoms with Gasteiger partial charge in [-0.2, -0.15) is 0 Å². The van der Waals surface area contributed by atoms with Crippen LogP contribution in [0.5, 0.6) is 23.0 Å². The standard InChI is InChI=1S/C32H28BrCl3O6/c1-3-5-12-39-29-27(41-32(38)20-15-23(35)17-24(36)16-20)25-11-10-22(34)18-26(25)28(30(29)40-13-6-4-2)42-31(37)19-8-7-9-21(33)14-19/h7-11,14-18H,3-6,12-13H2,1-2H3. The van der Waals surface area contributed by atoms with E-state index in [4.69, 9.17) is 53.8 Å². The highest BCUT2D eigenvalue weighted by Crippen LogP contribution is 2.52. The number of rotatable bonds is 12. The van der Waals surface area contributed by atoms with Crippen molar-refractivity contribution in [2.45, 2.75) is 39.5 Å². The molecule has 0 radical (unpaired) electrons. The number of carbonyl (C=O) groups is 2. The van der Waals surface area contributed by atoms with Gasteiger partial charge in [0.25, 0.3) is 0 Å². The van der Waals surface area contributed by atoms with Crippen molar-refractivity contribution in [3.63, 3.8) is 0 Å². The number of fused-ring (bicyclic) bond motifs is 1. The summed E-state index contributed by atoms with van der Waals surface area (Å²) in [6.07, 6.45) is 3.15. The predicted molar refractivity (Wildman–Crippen MR) is 170 cm³/mol. The van der Waals surface area contributed by atoms with Gasteiger partial charge in [0, 0.05) is 30.3 Å². The average molecular weight is 695 g/mol. The fraction of sp³-hybridized carbons (Fsp3) is 0.250. The maximum Gasteiger partial charge on any atom is 0.343 e. The number of halogens is 4. The molecule has 4 aromatic carbocycles. The van der Waals surface area contributed by atoms with Gasteiger partial charge in [-0.15, -0.1) is 0 Å². The third-order valence-corrected chi connectivity index (χ3v) is 7.29. The van der Waals surface area contributed by atoms with Crippen LogP contribution in [0.2, 0.25) is 15.1 Å². The number of ether oxygens (including phenoxy) is 4. The largest absolute Gasteiger partial charge is 0.486 e. The molecule has 0 saturated carbocycles. The van der Waals surface area contributed by atoms with E-state index in [0.717, 1.165) is 30.2 Å². The van der Waals surface area contributed by atoms with Crippen molar-refractivity contribution in [3.8, 4) is 23.0 Å². The van der Waals surface area contributed by atoms with Gasteiger partial charge in [-0.25, -0.2) is 9.59 Å². The molecule has 0 atom stereocenters. The Balaban J connectivity index is 1.94. The Morgan fingerprint density at radius 1 is 0.643 bits per heavy atom. The van der Waals surface area contributed by atoms with Crippen molar-refractivity contribution in [2.75, 3.05) is 13.2 Å². The summed E-state index contributed by atoms with van der Waals surface area (Å²) < 4.78 is 25.2. The molecule has 0 N–H and O–H groups in total. The molecular weight excluding hydrogens is 667 g/mol. The van der Waals surface area contributed by atoms with Crippen LogP contribution in [-0.2, 0) is 0 Å². The van der Waals surface area contributed by atoms with Crippen LogP contribution in [0.1, 0.15) is 60.2 Å². The lowest BCUT2D eigenvalue weighted by atomic mass is 10.1. The molecule has 10 heteroatoms. The zero-order valence-electron chi connectivity index (χ0n) is 23.0. The van der Waals surface area contributed by atoms with Gasteiger partial charge in [0.15, 0.2) is 11.5 Å². The third kappa shape index (κ3) is 7.90. The molecule has 0 bridgehead atoms. The number of hydrogen-bond acceptors (Lipinski definition) is 6. The molecule has 0 aliphatic carbocycles. The van der Waals surface area contributed by atoms with Crippen molar-refractivity contribution in [1.29, 1.82) is 0 Å². The minimum Gasteiger partial charge on any atom is -0.486 e. The van der Waals surface area contributed by atoms with E-state index in [1.54, 1.807) is 42.5 Å². The van der Waals surface area contributed by atoms with E-state index in [2.05, 4.69) is 15.9 Å². The second kappa shape index (κ2) is 15.0. The van der Waals surface area contributed by atoms with Gasteiger partial charge in [0.05, 0.1) is 24.3 Å². The fourth-order valence-corrected chi connectivity index (χ4v) is 5.14. The summed E-state index contributed by atoms with van der Waals surface area (Å²) in [5.74, 6) is -0.874. The number of hydrogen-bond donors (Lipinski definition) is 0. The highest BCUT2D eigenvalue weighted by Gasteiger charge is 2.29. The third-order valence-electron chi connectivity index (χ3n) is 6.13. The highest BCUT2D eigenvalue weighted by molar-refractivity contribution is 9.10. The van der Waals surface area contributed by atoms with Crippen molar-refractivity contribution in [2.24, 2.45) is 0 Å². The summed E-state index contributed by atoms with van der Waals surface area (Å²) in [6, 6.07) is 16.2. The van der Waals surface area contributed by atoms with E-state index < -0.39 is 11.9 Å². The lowest BCUT2D eigenvalue weighted by molar-refractivity contribution is 0.0711. The summed E-state index contributed by atoms with van der Waals surface area (Å²) in [6.45, 7) is 4.65. The lowest BCUT2D eigenvalue weighted by Gasteiger charge is -2.22. The van der Waals surface area contributed by atoms with Crippen LogP contribution in [0, 0.1) is 0 Å². The lowest BCUT2D eigenvalue weighted by Crippen LogP contribution is -2.14. The monoisotopic (exact) mass is 692 g/mol. The minimum atomic E-state index is -0.714. The van der Waals surface area contributed by atoms with Crippen LogP contribution in [0.4, 0.5) is 0 Å². The molecule has 0 spiro atoms. The number of esters is 2. The second-order valence-electron chi connectivity index (χ2n) is 9.36. The van der Waals surface area contributed by atoms with Crippen LogP contribution in [-0.4, -0.2) is 25.2 Å². The molecule has 0 amide bonds. The molecule has 0 aromatic heterocycles. The number of benzene rings is 4. The van der Waals surface area contributed by atoms with Crippen LogP contribution in [0.3, 0.4) is 0 Å². The van der Waals surface area contributed by atoms with Crippen LogP contribution in [0.15, 0.2) is 65.1 Å². The van der Waals surface area contributed by atoms with E-state index in [1.165, 1.54) is 18.2 Å². The first-order chi connectivity index (χ1) is 20.2. The number of unbranched alkanes of at least 4 members (excludes halogenated alkanes) is 2. The minimum absolute atomic E-state index is 0.0904. The zero-order valence-corrected chi connectivity index (χ0v) is 26.8. The molecule has 220 valence electrons. The second-order valence-corrected chi connectivity index (χ2v) is 11.6. The summed E-state index contributed by atoms with van der Waals surface area (Å²) in [5.41, 5.74) is 0.466. The number of carbonyl (C=O) groups excluding carboxylic acids is 2. The molecule has 4 aromatic rings. The highest BCUT2D eigenvalue weighted by atomic mass is 79.9. The molecule has 6 nitrogen and oxygen atoms in total. The average Bonchev–Trinajstić information content (AvgIpc) is 2.95. The molecule has 0 aliphatic rings. The Hall–Kier alpha value is -2.97. The van der Waals surface area contributed by atoms with Crippen molar-refractivity contribution >= 4 is 73.4 Å². The van der Waals surface area contributed by atoms with Gasteiger partial charge in [0.2, 0.25) is 11.5 Å². The maximum absolute atomic E-state index is 13.4. The Morgan fingerprint density at radius 2 is 1.21 bits per heavy atom. The molecule has 42 heavy (non-hydrogen) atoms. The summed E-state index contributed by atoms with van der Waals surface area (Å²) in [7, 11) is 0. The molecule has 0 unspecified atom stereocenters. The van der Waals surface area contributed by atoms with Crippen LogP contribution in [0.25, 0.3) is 10.8 Å². The van der Waals surface area contributed by atoms with Gasteiger partial charge < -0.3 is 18.9 Å². The van der Waals surface area contributed by atoms with E-state index >= 15 is 0 Å². The van der Waals surface area contributed by atoms with Crippen molar-refractivity contribution < 1.29 is 28.5 Å². The van der Waals surface area contributed by atoms with Gasteiger partial charge in [-0.3, -0.25) is 0 Å². The molecular formula is C32H28BrCl3O6. The Labute approximate surface area is 267 Å². The van der Waals surface area contributed by atoms with Crippen LogP contribution >= 0.6 is 50.7 Å². The molecule has 0 saturated heterocycles. The predicted octanol–water partition coefficient (Wildman–Crippen LogP) is 10.4. The first kappa shape index (κ1) is 32.0.